The summed E-state index contributed by atoms with van der Waals surface area (Å²) < 4.78 is 28.8. The second-order valence-corrected chi connectivity index (χ2v) is 12.6. The minimum atomic E-state index is -1.78. The molecule has 2 saturated heterocycles. The topological polar surface area (TPSA) is 148 Å². The van der Waals surface area contributed by atoms with E-state index in [0.29, 0.717) is 17.9 Å². The average molecular weight is 650 g/mol. The summed E-state index contributed by atoms with van der Waals surface area (Å²) in [7, 11) is 6.18. The van der Waals surface area contributed by atoms with Crippen molar-refractivity contribution in [2.75, 3.05) is 33.2 Å². The van der Waals surface area contributed by atoms with Crippen LogP contribution in [0.15, 0.2) is 35.9 Å². The van der Waals surface area contributed by atoms with Crippen molar-refractivity contribution in [3.05, 3.63) is 46.5 Å². The Kier molecular flexibility index (Phi) is 10.6. The molecule has 1 unspecified atom stereocenters. The molecule has 0 spiro atoms. The fourth-order valence-electron chi connectivity index (χ4n) is 5.97. The van der Waals surface area contributed by atoms with Gasteiger partial charge in [0.05, 0.1) is 25.3 Å². The summed E-state index contributed by atoms with van der Waals surface area (Å²) in [6, 6.07) is 2.99. The maximum atomic E-state index is 13.8. The van der Waals surface area contributed by atoms with E-state index in [-0.39, 0.29) is 23.8 Å². The first kappa shape index (κ1) is 34.7. The molecule has 1 aromatic rings. The number of amides is 2. The molecule has 0 aromatic heterocycles. The van der Waals surface area contributed by atoms with E-state index in [1.54, 1.807) is 46.2 Å². The lowest BCUT2D eigenvalue weighted by atomic mass is 9.83. The molecule has 13 heteroatoms. The zero-order valence-corrected chi connectivity index (χ0v) is 27.8. The van der Waals surface area contributed by atoms with Gasteiger partial charge in [-0.3, -0.25) is 14.9 Å². The molecule has 45 heavy (non-hydrogen) atoms. The first-order valence-corrected chi connectivity index (χ1v) is 15.3. The number of esters is 1. The lowest BCUT2D eigenvalue weighted by molar-refractivity contribution is -0.155. The van der Waals surface area contributed by atoms with E-state index in [1.165, 1.54) is 19.1 Å². The Bertz CT molecular complexity index is 1370. The predicted octanol–water partition coefficient (Wildman–Crippen LogP) is 3.28. The van der Waals surface area contributed by atoms with Crippen molar-refractivity contribution in [1.82, 2.24) is 10.6 Å². The maximum Gasteiger partial charge on any atom is 0.409 e. The van der Waals surface area contributed by atoms with Gasteiger partial charge in [0.15, 0.2) is 5.72 Å². The van der Waals surface area contributed by atoms with E-state index in [1.807, 2.05) is 26.0 Å². The van der Waals surface area contributed by atoms with Crippen LogP contribution in [0.25, 0.3) is 0 Å². The first-order chi connectivity index (χ1) is 21.2. The van der Waals surface area contributed by atoms with Gasteiger partial charge in [-0.05, 0) is 51.9 Å². The van der Waals surface area contributed by atoms with Gasteiger partial charge in [0.1, 0.15) is 40.7 Å². The van der Waals surface area contributed by atoms with Gasteiger partial charge in [0.2, 0.25) is 5.91 Å². The minimum absolute atomic E-state index is 0.00553. The third-order valence-corrected chi connectivity index (χ3v) is 9.38. The summed E-state index contributed by atoms with van der Waals surface area (Å²) in [5.41, 5.74) is -0.646. The molecule has 4 rings (SSSR count). The lowest BCUT2D eigenvalue weighted by Gasteiger charge is -2.42. The largest absolute Gasteiger partial charge is 0.495 e. The molecule has 0 saturated carbocycles. The first-order valence-electron chi connectivity index (χ1n) is 14.9. The smallest absolute Gasteiger partial charge is 0.409 e. The van der Waals surface area contributed by atoms with Crippen molar-refractivity contribution >= 4 is 35.3 Å². The number of alkyl carbamates (subject to hydrolysis) is 1. The summed E-state index contributed by atoms with van der Waals surface area (Å²) in [5, 5.41) is 17.2. The molecule has 12 nitrogen and oxygen atoms in total. The van der Waals surface area contributed by atoms with Crippen molar-refractivity contribution in [2.24, 2.45) is 5.92 Å². The average Bonchev–Trinajstić information content (AvgIpc) is 3.69. The Balaban J connectivity index is 1.80. The number of hydrogen-bond donors (Lipinski definition) is 3. The van der Waals surface area contributed by atoms with Crippen molar-refractivity contribution in [1.29, 1.82) is 0 Å². The van der Waals surface area contributed by atoms with Crippen molar-refractivity contribution in [3.63, 3.8) is 0 Å². The van der Waals surface area contributed by atoms with Gasteiger partial charge in [0, 0.05) is 26.5 Å². The van der Waals surface area contributed by atoms with Crippen LogP contribution >= 0.6 is 11.6 Å². The quantitative estimate of drug-likeness (QED) is 0.321. The highest BCUT2D eigenvalue weighted by molar-refractivity contribution is 6.35. The van der Waals surface area contributed by atoms with Crippen LogP contribution in [0.4, 0.5) is 10.5 Å². The second-order valence-electron chi connectivity index (χ2n) is 12.2. The van der Waals surface area contributed by atoms with E-state index < -0.39 is 59.8 Å². The Morgan fingerprint density at radius 2 is 2.00 bits per heavy atom. The summed E-state index contributed by atoms with van der Waals surface area (Å²) in [5.74, 6) is -0.974. The Morgan fingerprint density at radius 1 is 1.29 bits per heavy atom. The molecule has 1 aromatic carbocycles. The Labute approximate surface area is 269 Å². The van der Waals surface area contributed by atoms with Crippen LogP contribution in [0.1, 0.15) is 46.1 Å². The van der Waals surface area contributed by atoms with Gasteiger partial charge < -0.3 is 39.0 Å². The van der Waals surface area contributed by atoms with Gasteiger partial charge in [0.25, 0.3) is 0 Å². The van der Waals surface area contributed by atoms with Gasteiger partial charge in [-0.2, -0.15) is 0 Å². The Hall–Kier alpha value is -3.16. The van der Waals surface area contributed by atoms with Crippen molar-refractivity contribution < 1.29 is 43.2 Å². The number of nitrogens with zero attached hydrogens (tertiary/aromatic N) is 1. The van der Waals surface area contributed by atoms with Gasteiger partial charge >= 0.3 is 12.1 Å². The number of fused-ring (bicyclic) bond motifs is 5. The van der Waals surface area contributed by atoms with Crippen molar-refractivity contribution in [3.8, 4) is 5.75 Å². The zero-order valence-electron chi connectivity index (χ0n) is 27.0. The zero-order chi connectivity index (χ0) is 33.3. The number of epoxide rings is 1. The highest BCUT2D eigenvalue weighted by Crippen LogP contribution is 2.49. The van der Waals surface area contributed by atoms with Crippen LogP contribution in [0.3, 0.4) is 0 Å². The standard InChI is InChI=1S/C32H44ClN3O9/c1-17-10-9-11-24(42-8)32(40)16-23(43-30(39)35-32)18(2)28-31(4,45-28)25(44-29(38)19(3)34-5)15-26(37)36(6)21-13-20(12-17)14-22(41-7)27(21)33/h9-11,13-14,18-19,23-25,28,34,40H,12,15-16H2,1-8H3,(H,35,39)/t18-,19-,23+,24-,25+,28?,31+,32+/m1/s1. The number of rotatable bonds is 5. The minimum Gasteiger partial charge on any atom is -0.495 e. The molecule has 0 aliphatic carbocycles. The summed E-state index contributed by atoms with van der Waals surface area (Å²) >= 11 is 6.69. The van der Waals surface area contributed by atoms with Gasteiger partial charge in [-0.1, -0.05) is 42.3 Å². The molecular weight excluding hydrogens is 606 g/mol. The second kappa shape index (κ2) is 13.7. The molecule has 0 radical (unpaired) electrons. The molecule has 248 valence electrons. The number of methoxy groups -OCH3 is 2. The predicted molar refractivity (Wildman–Crippen MR) is 167 cm³/mol. The van der Waals surface area contributed by atoms with E-state index in [4.69, 9.17) is 35.3 Å². The molecule has 4 bridgehead atoms. The summed E-state index contributed by atoms with van der Waals surface area (Å²) in [4.78, 5) is 40.9. The fourth-order valence-corrected chi connectivity index (χ4v) is 6.28. The maximum absolute atomic E-state index is 13.8. The van der Waals surface area contributed by atoms with E-state index in [9.17, 15) is 19.5 Å². The highest BCUT2D eigenvalue weighted by atomic mass is 35.5. The number of carbonyl (C=O) groups is 3. The molecule has 2 amide bonds. The number of anilines is 1. The molecule has 3 heterocycles. The van der Waals surface area contributed by atoms with Crippen LogP contribution in [-0.2, 0) is 35.0 Å². The summed E-state index contributed by atoms with van der Waals surface area (Å²) in [6.45, 7) is 7.17. The number of likely N-dealkylation sites (N-methyl/N-ethyl adjacent to an activating group) is 1. The van der Waals surface area contributed by atoms with E-state index in [2.05, 4.69) is 10.6 Å². The molecule has 3 N–H and O–H groups in total. The third kappa shape index (κ3) is 7.30. The summed E-state index contributed by atoms with van der Waals surface area (Å²) in [6.07, 6.45) is 1.52. The van der Waals surface area contributed by atoms with Gasteiger partial charge in [-0.15, -0.1) is 0 Å². The number of aliphatic hydroxyl groups is 1. The third-order valence-electron chi connectivity index (χ3n) is 9.00. The van der Waals surface area contributed by atoms with Gasteiger partial charge in [-0.25, -0.2) is 4.79 Å². The monoisotopic (exact) mass is 649 g/mol. The van der Waals surface area contributed by atoms with E-state index >= 15 is 0 Å². The van der Waals surface area contributed by atoms with E-state index in [0.717, 1.165) is 11.1 Å². The number of halogens is 1. The Morgan fingerprint density at radius 3 is 2.64 bits per heavy atom. The molecule has 3 aliphatic rings. The lowest BCUT2D eigenvalue weighted by Crippen LogP contribution is -2.63. The van der Waals surface area contributed by atoms with Crippen LogP contribution in [0.5, 0.6) is 5.75 Å². The highest BCUT2D eigenvalue weighted by Gasteiger charge is 2.64. The van der Waals surface area contributed by atoms with Crippen molar-refractivity contribution in [2.45, 2.75) is 88.7 Å². The van der Waals surface area contributed by atoms with Crippen LogP contribution < -0.4 is 20.3 Å². The number of benzene rings is 1. The number of allylic oxidation sites excluding steroid dienone is 3. The number of ether oxygens (including phenoxy) is 5. The molecule has 3 aliphatic heterocycles. The normalized spacial score (nSPS) is 32.9. The fraction of sp³-hybridized carbons (Fsp3) is 0.594. The number of hydrogen-bond acceptors (Lipinski definition) is 10. The SMILES string of the molecule is CN[C@H](C)C(=O)O[C@H]1CC(=O)N(C)c2cc(cc(OC)c2Cl)CC(C)=CC=C[C@@H](OC)[C@@]2(O)C[C@H](OC(=O)N2)[C@@H](C)C2O[C@]21C. The molecule has 2 fully saturated rings. The number of carbonyl (C=O) groups excluding carboxylic acids is 3. The molecular formula is C32H44ClN3O9. The number of nitrogens with one attached hydrogen (secondary N) is 2. The van der Waals surface area contributed by atoms with Crippen LogP contribution in [0, 0.1) is 5.92 Å². The molecule has 8 atom stereocenters. The van der Waals surface area contributed by atoms with Crippen LogP contribution in [0.2, 0.25) is 5.02 Å². The van der Waals surface area contributed by atoms with Crippen LogP contribution in [-0.4, -0.2) is 93.2 Å².